The van der Waals surface area contributed by atoms with Crippen molar-refractivity contribution in [3.63, 3.8) is 0 Å². The van der Waals surface area contributed by atoms with Crippen LogP contribution in [0.3, 0.4) is 0 Å². The van der Waals surface area contributed by atoms with E-state index in [1.165, 1.54) is 12.1 Å². The van der Waals surface area contributed by atoms with Gasteiger partial charge < -0.3 is 10.8 Å². The van der Waals surface area contributed by atoms with E-state index in [4.69, 9.17) is 18.0 Å². The average molecular weight is 254 g/mol. The fourth-order valence-corrected chi connectivity index (χ4v) is 2.30. The number of nitrogens with zero attached hydrogens (tertiary/aromatic N) is 1. The van der Waals surface area contributed by atoms with Crippen LogP contribution in [0, 0.1) is 5.82 Å². The summed E-state index contributed by atoms with van der Waals surface area (Å²) in [4.78, 5) is 2.32. The van der Waals surface area contributed by atoms with Gasteiger partial charge in [0, 0.05) is 25.2 Å². The molecular weight excluding hydrogens is 239 g/mol. The zero-order chi connectivity index (χ0) is 12.4. The highest BCUT2D eigenvalue weighted by atomic mass is 32.1. The molecule has 0 radical (unpaired) electrons. The van der Waals surface area contributed by atoms with Gasteiger partial charge in [-0.1, -0.05) is 18.3 Å². The largest absolute Gasteiger partial charge is 0.392 e. The Balaban J connectivity index is 2.17. The molecule has 0 spiro atoms. The lowest BCUT2D eigenvalue weighted by molar-refractivity contribution is 0.175. The summed E-state index contributed by atoms with van der Waals surface area (Å²) in [6, 6.07) is 4.47. The standard InChI is InChI=1S/C12H15FN2OS/c13-9-2-1-8(11(5-9)12(14)17)6-15-4-3-10(16)7-15/h1-2,5,10,16H,3-4,6-7H2,(H2,14,17). The van der Waals surface area contributed by atoms with Gasteiger partial charge in [0.05, 0.1) is 6.10 Å². The Morgan fingerprint density at radius 1 is 1.59 bits per heavy atom. The minimum Gasteiger partial charge on any atom is -0.392 e. The Hall–Kier alpha value is -1.04. The van der Waals surface area contributed by atoms with Gasteiger partial charge in [-0.3, -0.25) is 4.90 Å². The second kappa shape index (κ2) is 5.08. The number of rotatable bonds is 3. The van der Waals surface area contributed by atoms with Crippen molar-refractivity contribution in [1.82, 2.24) is 4.90 Å². The van der Waals surface area contributed by atoms with E-state index < -0.39 is 0 Å². The fourth-order valence-electron chi connectivity index (χ4n) is 2.11. The third-order valence-electron chi connectivity index (χ3n) is 2.98. The molecule has 1 heterocycles. The van der Waals surface area contributed by atoms with E-state index in [-0.39, 0.29) is 16.9 Å². The van der Waals surface area contributed by atoms with Crippen molar-refractivity contribution in [1.29, 1.82) is 0 Å². The molecule has 5 heteroatoms. The van der Waals surface area contributed by atoms with Crippen LogP contribution in [-0.4, -0.2) is 34.2 Å². The molecule has 1 aliphatic rings. The molecule has 1 aromatic rings. The van der Waals surface area contributed by atoms with Crippen molar-refractivity contribution >= 4 is 17.2 Å². The Kier molecular flexibility index (Phi) is 3.71. The van der Waals surface area contributed by atoms with Crippen LogP contribution in [0.15, 0.2) is 18.2 Å². The molecule has 2 rings (SSSR count). The first-order chi connectivity index (χ1) is 8.06. The van der Waals surface area contributed by atoms with Gasteiger partial charge in [0.15, 0.2) is 0 Å². The third-order valence-corrected chi connectivity index (χ3v) is 3.20. The van der Waals surface area contributed by atoms with Crippen LogP contribution in [0.25, 0.3) is 0 Å². The fraction of sp³-hybridized carbons (Fsp3) is 0.417. The van der Waals surface area contributed by atoms with Crippen LogP contribution >= 0.6 is 12.2 Å². The van der Waals surface area contributed by atoms with E-state index in [0.29, 0.717) is 18.7 Å². The first-order valence-corrected chi connectivity index (χ1v) is 5.95. The summed E-state index contributed by atoms with van der Waals surface area (Å²) in [6.45, 7) is 2.13. The second-order valence-electron chi connectivity index (χ2n) is 4.34. The number of thiocarbonyl (C=S) groups is 1. The molecule has 0 bridgehead atoms. The molecule has 1 aliphatic heterocycles. The molecule has 0 aromatic heterocycles. The number of nitrogens with two attached hydrogens (primary N) is 1. The van der Waals surface area contributed by atoms with Crippen molar-refractivity contribution in [2.24, 2.45) is 5.73 Å². The Labute approximate surface area is 105 Å². The molecule has 0 saturated carbocycles. The zero-order valence-electron chi connectivity index (χ0n) is 9.40. The van der Waals surface area contributed by atoms with E-state index in [0.717, 1.165) is 18.5 Å². The van der Waals surface area contributed by atoms with Crippen LogP contribution in [-0.2, 0) is 6.54 Å². The van der Waals surface area contributed by atoms with Gasteiger partial charge in [-0.2, -0.15) is 0 Å². The number of benzene rings is 1. The second-order valence-corrected chi connectivity index (χ2v) is 4.78. The average Bonchev–Trinajstić information content (AvgIpc) is 2.66. The molecule has 1 saturated heterocycles. The monoisotopic (exact) mass is 254 g/mol. The van der Waals surface area contributed by atoms with Gasteiger partial charge in [0.25, 0.3) is 0 Å². The summed E-state index contributed by atoms with van der Waals surface area (Å²) in [6.07, 6.45) is 0.521. The van der Waals surface area contributed by atoms with E-state index in [2.05, 4.69) is 4.90 Å². The van der Waals surface area contributed by atoms with Gasteiger partial charge in [-0.15, -0.1) is 0 Å². The van der Waals surface area contributed by atoms with Crippen LogP contribution in [0.1, 0.15) is 17.5 Å². The molecule has 1 atom stereocenters. The SMILES string of the molecule is NC(=S)c1cc(F)ccc1CN1CCC(O)C1. The highest BCUT2D eigenvalue weighted by Crippen LogP contribution is 2.17. The first-order valence-electron chi connectivity index (χ1n) is 5.55. The van der Waals surface area contributed by atoms with Crippen LogP contribution in [0.4, 0.5) is 4.39 Å². The van der Waals surface area contributed by atoms with Crippen molar-refractivity contribution in [3.8, 4) is 0 Å². The summed E-state index contributed by atoms with van der Waals surface area (Å²) in [5, 5.41) is 9.45. The molecule has 3 N–H and O–H groups in total. The normalized spacial score (nSPS) is 20.7. The summed E-state index contributed by atoms with van der Waals surface area (Å²) in [5.74, 6) is -0.335. The zero-order valence-corrected chi connectivity index (χ0v) is 10.2. The summed E-state index contributed by atoms with van der Waals surface area (Å²) >= 11 is 4.92. The molecule has 1 aromatic carbocycles. The number of halogens is 1. The minimum absolute atomic E-state index is 0.208. The van der Waals surface area contributed by atoms with Gasteiger partial charge in [0.2, 0.25) is 0 Å². The molecule has 92 valence electrons. The van der Waals surface area contributed by atoms with Crippen molar-refractivity contribution < 1.29 is 9.50 Å². The van der Waals surface area contributed by atoms with Crippen LogP contribution in [0.2, 0.25) is 0 Å². The molecule has 1 unspecified atom stereocenters. The van der Waals surface area contributed by atoms with Crippen LogP contribution < -0.4 is 5.73 Å². The highest BCUT2D eigenvalue weighted by Gasteiger charge is 2.21. The number of hydrogen-bond donors (Lipinski definition) is 2. The Bertz CT molecular complexity index is 439. The van der Waals surface area contributed by atoms with Crippen molar-refractivity contribution in [2.45, 2.75) is 19.1 Å². The number of β-amino-alcohol motifs (C(OH)–C–C–N with tert-alkyl or cyclic N) is 1. The molecule has 17 heavy (non-hydrogen) atoms. The minimum atomic E-state index is -0.335. The molecule has 0 aliphatic carbocycles. The maximum Gasteiger partial charge on any atom is 0.123 e. The topological polar surface area (TPSA) is 49.5 Å². The highest BCUT2D eigenvalue weighted by molar-refractivity contribution is 7.80. The predicted molar refractivity (Wildman–Crippen MR) is 68.2 cm³/mol. The molecule has 0 amide bonds. The number of likely N-dealkylation sites (tertiary alicyclic amines) is 1. The lowest BCUT2D eigenvalue weighted by Gasteiger charge is -2.17. The quantitative estimate of drug-likeness (QED) is 0.791. The lowest BCUT2D eigenvalue weighted by atomic mass is 10.1. The van der Waals surface area contributed by atoms with Gasteiger partial charge >= 0.3 is 0 Å². The summed E-state index contributed by atoms with van der Waals surface area (Å²) in [5.41, 5.74) is 7.08. The van der Waals surface area contributed by atoms with E-state index >= 15 is 0 Å². The number of aliphatic hydroxyl groups is 1. The number of aliphatic hydroxyl groups excluding tert-OH is 1. The maximum absolute atomic E-state index is 13.1. The smallest absolute Gasteiger partial charge is 0.123 e. The van der Waals surface area contributed by atoms with Crippen LogP contribution in [0.5, 0.6) is 0 Å². The van der Waals surface area contributed by atoms with E-state index in [9.17, 15) is 9.50 Å². The third kappa shape index (κ3) is 3.00. The van der Waals surface area contributed by atoms with Gasteiger partial charge in [-0.05, 0) is 24.1 Å². The number of hydrogen-bond acceptors (Lipinski definition) is 3. The molecule has 1 fully saturated rings. The van der Waals surface area contributed by atoms with E-state index in [1.54, 1.807) is 6.07 Å². The van der Waals surface area contributed by atoms with Gasteiger partial charge in [0.1, 0.15) is 10.8 Å². The van der Waals surface area contributed by atoms with E-state index in [1.807, 2.05) is 0 Å². The lowest BCUT2D eigenvalue weighted by Crippen LogP contribution is -2.23. The Morgan fingerprint density at radius 3 is 2.94 bits per heavy atom. The maximum atomic E-state index is 13.1. The van der Waals surface area contributed by atoms with Crippen molar-refractivity contribution in [3.05, 3.63) is 35.1 Å². The first kappa shape index (κ1) is 12.4. The summed E-state index contributed by atoms with van der Waals surface area (Å²) in [7, 11) is 0. The molecule has 3 nitrogen and oxygen atoms in total. The summed E-state index contributed by atoms with van der Waals surface area (Å²) < 4.78 is 13.1. The predicted octanol–water partition coefficient (Wildman–Crippen LogP) is 1.03. The van der Waals surface area contributed by atoms with Crippen molar-refractivity contribution in [2.75, 3.05) is 13.1 Å². The van der Waals surface area contributed by atoms with Gasteiger partial charge in [-0.25, -0.2) is 4.39 Å². The Morgan fingerprint density at radius 2 is 2.35 bits per heavy atom. The molecular formula is C12H15FN2OS.